The van der Waals surface area contributed by atoms with Gasteiger partial charge in [-0.3, -0.25) is 9.59 Å². The Balaban J connectivity index is 1.70. The zero-order valence-electron chi connectivity index (χ0n) is 24.1. The number of para-hydroxylation sites is 1. The highest BCUT2D eigenvalue weighted by Crippen LogP contribution is 2.27. The Labute approximate surface area is 231 Å². The van der Waals surface area contributed by atoms with Crippen LogP contribution in [0.3, 0.4) is 0 Å². The maximum absolute atomic E-state index is 13.9. The Bertz CT molecular complexity index is 1260. The summed E-state index contributed by atoms with van der Waals surface area (Å²) in [5.41, 5.74) is 1.28. The maximum atomic E-state index is 13.9. The number of esters is 2. The summed E-state index contributed by atoms with van der Waals surface area (Å²) in [6.45, 7) is 9.12. The van der Waals surface area contributed by atoms with E-state index in [4.69, 9.17) is 9.47 Å². The quantitative estimate of drug-likeness (QED) is 0.220. The molecule has 1 atom stereocenters. The van der Waals surface area contributed by atoms with Crippen LogP contribution >= 0.6 is 0 Å². The number of fused-ring (bicyclic) bond motifs is 1. The first-order valence-corrected chi connectivity index (χ1v) is 13.6. The van der Waals surface area contributed by atoms with E-state index in [0.717, 1.165) is 22.0 Å². The van der Waals surface area contributed by atoms with Gasteiger partial charge in [0.15, 0.2) is 0 Å². The lowest BCUT2D eigenvalue weighted by molar-refractivity contribution is -0.163. The second kappa shape index (κ2) is 13.0. The van der Waals surface area contributed by atoms with Gasteiger partial charge < -0.3 is 19.4 Å². The molecule has 2 aromatic carbocycles. The molecule has 0 aliphatic carbocycles. The molecule has 1 N–H and O–H groups in total. The van der Waals surface area contributed by atoms with Gasteiger partial charge in [-0.15, -0.1) is 0 Å². The largest absolute Gasteiger partial charge is 0.460 e. The molecule has 0 spiro atoms. The van der Waals surface area contributed by atoms with Gasteiger partial charge in [0.25, 0.3) is 0 Å². The van der Waals surface area contributed by atoms with Crippen molar-refractivity contribution in [3.8, 4) is 0 Å². The summed E-state index contributed by atoms with van der Waals surface area (Å²) in [5, 5.41) is 1.08. The molecule has 0 bridgehead atoms. The number of likely N-dealkylation sites (N-methyl/N-ethyl adjacent to an activating group) is 1. The van der Waals surface area contributed by atoms with Gasteiger partial charge in [-0.1, -0.05) is 55.0 Å². The van der Waals surface area contributed by atoms with Crippen LogP contribution in [0.4, 0.5) is 0 Å². The van der Waals surface area contributed by atoms with Crippen LogP contribution in [0.1, 0.15) is 71.4 Å². The summed E-state index contributed by atoms with van der Waals surface area (Å²) < 4.78 is 11.0. The van der Waals surface area contributed by atoms with Crippen molar-refractivity contribution in [3.63, 3.8) is 0 Å². The number of unbranched alkanes of at least 4 members (excludes halogenated alkanes) is 1. The molecule has 0 radical (unpaired) electrons. The molecule has 0 saturated carbocycles. The molecule has 0 fully saturated rings. The zero-order chi connectivity index (χ0) is 28.6. The molecule has 39 heavy (non-hydrogen) atoms. The number of benzene rings is 2. The van der Waals surface area contributed by atoms with Crippen LogP contribution in [-0.4, -0.2) is 45.9 Å². The van der Waals surface area contributed by atoms with Gasteiger partial charge in [-0.25, -0.2) is 4.79 Å². The number of nitrogens with zero attached hydrogens (tertiary/aromatic N) is 1. The van der Waals surface area contributed by atoms with E-state index in [1.165, 1.54) is 4.90 Å². The number of carbonyl (C=O) groups is 3. The van der Waals surface area contributed by atoms with Crippen LogP contribution in [0.5, 0.6) is 0 Å². The van der Waals surface area contributed by atoms with Crippen LogP contribution in [-0.2, 0) is 36.9 Å². The van der Waals surface area contributed by atoms with Crippen molar-refractivity contribution in [2.45, 2.75) is 84.5 Å². The van der Waals surface area contributed by atoms with Gasteiger partial charge in [0.1, 0.15) is 17.7 Å². The molecule has 3 aromatic rings. The molecular formula is C32H42N2O5. The van der Waals surface area contributed by atoms with E-state index >= 15 is 0 Å². The van der Waals surface area contributed by atoms with E-state index in [0.29, 0.717) is 32.1 Å². The molecule has 7 nitrogen and oxygen atoms in total. The molecule has 1 aromatic heterocycles. The standard InChI is InChI=1S/C32H42N2O5/c1-31(2,3)39-28(35)19-13-10-16-24(20-25-21-33-27-18-12-11-17-26(25)27)29(36)34(6)32(4,5)30(37)38-22-23-14-8-7-9-15-23/h7-9,11-12,14-15,17-18,21,24,33H,10,13,16,19-20,22H2,1-6H3/t24-/m1/s1. The van der Waals surface area contributed by atoms with Gasteiger partial charge in [0, 0.05) is 36.5 Å². The highest BCUT2D eigenvalue weighted by Gasteiger charge is 2.39. The van der Waals surface area contributed by atoms with E-state index in [1.807, 2.05) is 81.6 Å². The Morgan fingerprint density at radius 1 is 0.923 bits per heavy atom. The molecule has 0 saturated heterocycles. The molecule has 3 rings (SSSR count). The fourth-order valence-corrected chi connectivity index (χ4v) is 4.52. The Morgan fingerprint density at radius 3 is 2.28 bits per heavy atom. The lowest BCUT2D eigenvalue weighted by Gasteiger charge is -2.35. The summed E-state index contributed by atoms with van der Waals surface area (Å²) in [7, 11) is 1.66. The molecule has 0 unspecified atom stereocenters. The van der Waals surface area contributed by atoms with Gasteiger partial charge in [0.2, 0.25) is 5.91 Å². The minimum atomic E-state index is -1.15. The lowest BCUT2D eigenvalue weighted by atomic mass is 9.90. The molecular weight excluding hydrogens is 492 g/mol. The SMILES string of the molecule is CN(C(=O)[C@H](CCCCC(=O)OC(C)(C)C)Cc1c[nH]c2ccccc12)C(C)(C)C(=O)OCc1ccccc1. The number of H-pyrrole nitrogens is 1. The van der Waals surface area contributed by atoms with Crippen LogP contribution in [0, 0.1) is 5.92 Å². The van der Waals surface area contributed by atoms with Crippen molar-refractivity contribution < 1.29 is 23.9 Å². The zero-order valence-corrected chi connectivity index (χ0v) is 24.1. The van der Waals surface area contributed by atoms with E-state index in [-0.39, 0.29) is 24.4 Å². The predicted molar refractivity (Wildman–Crippen MR) is 153 cm³/mol. The number of amides is 1. The first-order chi connectivity index (χ1) is 18.4. The smallest absolute Gasteiger partial charge is 0.331 e. The minimum absolute atomic E-state index is 0.126. The molecule has 0 aliphatic heterocycles. The van der Waals surface area contributed by atoms with Crippen molar-refractivity contribution in [2.75, 3.05) is 7.05 Å². The van der Waals surface area contributed by atoms with E-state index < -0.39 is 17.1 Å². The summed E-state index contributed by atoms with van der Waals surface area (Å²) in [4.78, 5) is 43.9. The predicted octanol–water partition coefficient (Wildman–Crippen LogP) is 6.21. The third kappa shape index (κ3) is 8.44. The summed E-state index contributed by atoms with van der Waals surface area (Å²) in [6.07, 6.45) is 4.67. The third-order valence-corrected chi connectivity index (χ3v) is 6.98. The van der Waals surface area contributed by atoms with Gasteiger partial charge in [-0.05, 0) is 71.1 Å². The van der Waals surface area contributed by atoms with Crippen LogP contribution < -0.4 is 0 Å². The monoisotopic (exact) mass is 534 g/mol. The first kappa shape index (κ1) is 29.9. The average Bonchev–Trinajstić information content (AvgIpc) is 3.30. The fourth-order valence-electron chi connectivity index (χ4n) is 4.52. The molecule has 7 heteroatoms. The van der Waals surface area contributed by atoms with Gasteiger partial charge in [0.05, 0.1) is 0 Å². The topological polar surface area (TPSA) is 88.7 Å². The van der Waals surface area contributed by atoms with Crippen molar-refractivity contribution in [3.05, 3.63) is 71.9 Å². The Morgan fingerprint density at radius 2 is 1.59 bits per heavy atom. The van der Waals surface area contributed by atoms with Crippen LogP contribution in [0.2, 0.25) is 0 Å². The second-order valence-electron chi connectivity index (χ2n) is 11.6. The van der Waals surface area contributed by atoms with Crippen LogP contribution in [0.25, 0.3) is 10.9 Å². The van der Waals surface area contributed by atoms with Crippen molar-refractivity contribution in [1.29, 1.82) is 0 Å². The number of hydrogen-bond donors (Lipinski definition) is 1. The fraction of sp³-hybridized carbons (Fsp3) is 0.469. The van der Waals surface area contributed by atoms with E-state index in [1.54, 1.807) is 20.9 Å². The maximum Gasteiger partial charge on any atom is 0.331 e. The molecule has 210 valence electrons. The van der Waals surface area contributed by atoms with Crippen LogP contribution in [0.15, 0.2) is 60.8 Å². The Kier molecular flexibility index (Phi) is 9.95. The summed E-state index contributed by atoms with van der Waals surface area (Å²) in [5.74, 6) is -1.19. The number of rotatable bonds is 12. The number of ether oxygens (including phenoxy) is 2. The number of aromatic nitrogens is 1. The van der Waals surface area contributed by atoms with Crippen molar-refractivity contribution >= 4 is 28.7 Å². The average molecular weight is 535 g/mol. The van der Waals surface area contributed by atoms with Crippen molar-refractivity contribution in [2.24, 2.45) is 5.92 Å². The number of carbonyl (C=O) groups excluding carboxylic acids is 3. The van der Waals surface area contributed by atoms with E-state index in [2.05, 4.69) is 4.98 Å². The second-order valence-corrected chi connectivity index (χ2v) is 11.6. The number of hydrogen-bond acceptors (Lipinski definition) is 5. The first-order valence-electron chi connectivity index (χ1n) is 13.6. The van der Waals surface area contributed by atoms with E-state index in [9.17, 15) is 14.4 Å². The minimum Gasteiger partial charge on any atom is -0.460 e. The lowest BCUT2D eigenvalue weighted by Crippen LogP contribution is -2.53. The molecule has 1 amide bonds. The molecule has 0 aliphatic rings. The highest BCUT2D eigenvalue weighted by molar-refractivity contribution is 5.89. The molecule has 1 heterocycles. The normalized spacial score (nSPS) is 12.7. The third-order valence-electron chi connectivity index (χ3n) is 6.98. The van der Waals surface area contributed by atoms with Crippen molar-refractivity contribution in [1.82, 2.24) is 9.88 Å². The summed E-state index contributed by atoms with van der Waals surface area (Å²) >= 11 is 0. The van der Waals surface area contributed by atoms with Gasteiger partial charge >= 0.3 is 11.9 Å². The highest BCUT2D eigenvalue weighted by atomic mass is 16.6. The number of nitrogens with one attached hydrogen (secondary N) is 1. The Hall–Kier alpha value is -3.61. The van der Waals surface area contributed by atoms with Gasteiger partial charge in [-0.2, -0.15) is 0 Å². The summed E-state index contributed by atoms with van der Waals surface area (Å²) in [6, 6.07) is 17.5. The number of aromatic amines is 1.